The van der Waals surface area contributed by atoms with Crippen LogP contribution in [0.3, 0.4) is 0 Å². The van der Waals surface area contributed by atoms with E-state index in [0.717, 1.165) is 31.4 Å². The van der Waals surface area contributed by atoms with Crippen molar-refractivity contribution < 1.29 is 18.0 Å². The zero-order valence-electron chi connectivity index (χ0n) is 19.6. The summed E-state index contributed by atoms with van der Waals surface area (Å²) in [6.45, 7) is 5.23. The van der Waals surface area contributed by atoms with Gasteiger partial charge in [0.1, 0.15) is 0 Å². The topological polar surface area (TPSA) is 20.3 Å². The van der Waals surface area contributed by atoms with E-state index in [4.69, 9.17) is 0 Å². The van der Waals surface area contributed by atoms with E-state index in [1.807, 2.05) is 6.92 Å². The third-order valence-corrected chi connectivity index (χ3v) is 5.89. The summed E-state index contributed by atoms with van der Waals surface area (Å²) in [5, 5.41) is 0. The van der Waals surface area contributed by atoms with Gasteiger partial charge >= 0.3 is 6.18 Å². The van der Waals surface area contributed by atoms with Gasteiger partial charge in [0.05, 0.1) is 5.56 Å². The predicted octanol–water partition coefficient (Wildman–Crippen LogP) is 8.65. The second-order valence-corrected chi connectivity index (χ2v) is 8.56. The number of unbranched alkanes of at least 4 members (excludes halogenated alkanes) is 13. The van der Waals surface area contributed by atoms with Crippen LogP contribution in [0.15, 0.2) is 24.3 Å². The van der Waals surface area contributed by atoms with Crippen LogP contribution in [-0.4, -0.2) is 23.9 Å². The number of benzene rings is 1. The van der Waals surface area contributed by atoms with Crippen molar-refractivity contribution in [1.82, 2.24) is 4.90 Å². The first-order valence-corrected chi connectivity index (χ1v) is 12.4. The molecule has 0 aliphatic heterocycles. The summed E-state index contributed by atoms with van der Waals surface area (Å²) in [5.41, 5.74) is -0.659. The highest BCUT2D eigenvalue weighted by Crippen LogP contribution is 2.29. The van der Waals surface area contributed by atoms with E-state index >= 15 is 0 Å². The minimum Gasteiger partial charge on any atom is -0.339 e. The van der Waals surface area contributed by atoms with Crippen LogP contribution in [0.4, 0.5) is 13.2 Å². The van der Waals surface area contributed by atoms with Crippen LogP contribution < -0.4 is 0 Å². The molecule has 0 saturated carbocycles. The van der Waals surface area contributed by atoms with Gasteiger partial charge < -0.3 is 4.90 Å². The van der Waals surface area contributed by atoms with E-state index in [-0.39, 0.29) is 11.5 Å². The van der Waals surface area contributed by atoms with Crippen LogP contribution in [0.5, 0.6) is 0 Å². The summed E-state index contributed by atoms with van der Waals surface area (Å²) in [6, 6.07) is 4.72. The van der Waals surface area contributed by atoms with E-state index in [0.29, 0.717) is 13.1 Å². The molecule has 0 aliphatic carbocycles. The number of nitrogens with zero attached hydrogens (tertiary/aromatic N) is 1. The molecule has 0 radical (unpaired) electrons. The van der Waals surface area contributed by atoms with Crippen molar-refractivity contribution in [2.24, 2.45) is 0 Å². The largest absolute Gasteiger partial charge is 0.416 e. The van der Waals surface area contributed by atoms with Crippen molar-refractivity contribution in [2.75, 3.05) is 13.1 Å². The minimum absolute atomic E-state index is 0.113. The summed E-state index contributed by atoms with van der Waals surface area (Å²) >= 11 is 0. The molecule has 1 amide bonds. The number of hydrogen-bond acceptors (Lipinski definition) is 1. The molecule has 0 spiro atoms. The Hall–Kier alpha value is -1.52. The fraction of sp³-hybridized carbons (Fsp3) is 0.731. The number of hydrogen-bond donors (Lipinski definition) is 0. The molecule has 0 fully saturated rings. The molecule has 1 aromatic carbocycles. The molecule has 2 nitrogen and oxygen atoms in total. The average molecular weight is 442 g/mol. The van der Waals surface area contributed by atoms with Gasteiger partial charge in [-0.3, -0.25) is 4.79 Å². The van der Waals surface area contributed by atoms with Gasteiger partial charge in [-0.1, -0.05) is 96.5 Å². The smallest absolute Gasteiger partial charge is 0.339 e. The van der Waals surface area contributed by atoms with Gasteiger partial charge in [-0.2, -0.15) is 13.2 Å². The van der Waals surface area contributed by atoms with Crippen molar-refractivity contribution in [3.8, 4) is 0 Å². The number of carbonyl (C=O) groups is 1. The van der Waals surface area contributed by atoms with Crippen molar-refractivity contribution in [1.29, 1.82) is 0 Å². The lowest BCUT2D eigenvalue weighted by Gasteiger charge is -2.21. The SMILES string of the molecule is CCCCCCCCCCCCCCCCN(CC)C(=O)c1cccc(C(F)(F)F)c1. The molecule has 0 unspecified atom stereocenters. The lowest BCUT2D eigenvalue weighted by Crippen LogP contribution is -2.32. The Balaban J connectivity index is 2.13. The third kappa shape index (κ3) is 12.2. The van der Waals surface area contributed by atoms with Gasteiger partial charge in [0.15, 0.2) is 0 Å². The first-order chi connectivity index (χ1) is 14.9. The van der Waals surface area contributed by atoms with Crippen molar-refractivity contribution in [2.45, 2.75) is 110 Å². The molecule has 0 aliphatic rings. The van der Waals surface area contributed by atoms with Crippen LogP contribution in [-0.2, 0) is 6.18 Å². The summed E-state index contributed by atoms with van der Waals surface area (Å²) in [5.74, 6) is -0.316. The lowest BCUT2D eigenvalue weighted by molar-refractivity contribution is -0.137. The van der Waals surface area contributed by atoms with E-state index < -0.39 is 11.7 Å². The third-order valence-electron chi connectivity index (χ3n) is 5.89. The quantitative estimate of drug-likeness (QED) is 0.221. The minimum atomic E-state index is -4.43. The van der Waals surface area contributed by atoms with Gasteiger partial charge in [-0.15, -0.1) is 0 Å². The van der Waals surface area contributed by atoms with Gasteiger partial charge in [0.2, 0.25) is 0 Å². The molecule has 31 heavy (non-hydrogen) atoms. The predicted molar refractivity (Wildman–Crippen MR) is 123 cm³/mol. The Labute approximate surface area is 187 Å². The molecule has 0 N–H and O–H groups in total. The molecule has 0 atom stereocenters. The van der Waals surface area contributed by atoms with E-state index in [1.54, 1.807) is 4.90 Å². The zero-order valence-corrected chi connectivity index (χ0v) is 19.6. The second kappa shape index (κ2) is 16.2. The molecule has 1 rings (SSSR count). The molecular weight excluding hydrogens is 399 g/mol. The normalized spacial score (nSPS) is 11.6. The first kappa shape index (κ1) is 27.5. The van der Waals surface area contributed by atoms with Gasteiger partial charge in [-0.25, -0.2) is 0 Å². The maximum Gasteiger partial charge on any atom is 0.416 e. The van der Waals surface area contributed by atoms with Crippen LogP contribution in [0.25, 0.3) is 0 Å². The molecule has 0 aromatic heterocycles. The highest BCUT2D eigenvalue weighted by atomic mass is 19.4. The second-order valence-electron chi connectivity index (χ2n) is 8.56. The Bertz CT molecular complexity index is 601. The van der Waals surface area contributed by atoms with E-state index in [9.17, 15) is 18.0 Å². The summed E-state index contributed by atoms with van der Waals surface area (Å²) in [4.78, 5) is 14.2. The Morgan fingerprint density at radius 3 is 1.71 bits per heavy atom. The lowest BCUT2D eigenvalue weighted by atomic mass is 10.0. The summed E-state index contributed by atoms with van der Waals surface area (Å²) < 4.78 is 38.7. The van der Waals surface area contributed by atoms with E-state index in [2.05, 4.69) is 6.92 Å². The molecule has 1 aromatic rings. The number of amides is 1. The van der Waals surface area contributed by atoms with Gasteiger partial charge in [0, 0.05) is 18.7 Å². The monoisotopic (exact) mass is 441 g/mol. The Morgan fingerprint density at radius 1 is 0.774 bits per heavy atom. The average Bonchev–Trinajstić information content (AvgIpc) is 2.75. The molecular formula is C26H42F3NO. The van der Waals surface area contributed by atoms with Gasteiger partial charge in [-0.05, 0) is 31.5 Å². The van der Waals surface area contributed by atoms with Crippen LogP contribution >= 0.6 is 0 Å². The van der Waals surface area contributed by atoms with Gasteiger partial charge in [0.25, 0.3) is 5.91 Å². The van der Waals surface area contributed by atoms with E-state index in [1.165, 1.54) is 82.8 Å². The molecule has 5 heteroatoms. The molecule has 178 valence electrons. The Kier molecular flexibility index (Phi) is 14.3. The highest BCUT2D eigenvalue weighted by Gasteiger charge is 2.31. The zero-order chi connectivity index (χ0) is 23.0. The highest BCUT2D eigenvalue weighted by molar-refractivity contribution is 5.94. The number of carbonyl (C=O) groups excluding carboxylic acids is 1. The van der Waals surface area contributed by atoms with Crippen LogP contribution in [0.2, 0.25) is 0 Å². The van der Waals surface area contributed by atoms with Crippen LogP contribution in [0.1, 0.15) is 120 Å². The maximum atomic E-state index is 12.9. The molecule has 0 bridgehead atoms. The number of rotatable bonds is 17. The van der Waals surface area contributed by atoms with Crippen LogP contribution in [0, 0.1) is 0 Å². The number of halogens is 3. The standard InChI is InChI=1S/C26H42F3NO/c1-3-5-6-7-8-9-10-11-12-13-14-15-16-17-21-30(4-2)25(31)23-19-18-20-24(22-23)26(27,28)29/h18-20,22H,3-17,21H2,1-2H3. The summed E-state index contributed by atoms with van der Waals surface area (Å²) in [7, 11) is 0. The Morgan fingerprint density at radius 2 is 1.26 bits per heavy atom. The molecule has 0 saturated heterocycles. The number of alkyl halides is 3. The fourth-order valence-corrected chi connectivity index (χ4v) is 3.91. The maximum absolute atomic E-state index is 12.9. The first-order valence-electron chi connectivity index (χ1n) is 12.4. The van der Waals surface area contributed by atoms with Crippen molar-refractivity contribution >= 4 is 5.91 Å². The van der Waals surface area contributed by atoms with Crippen molar-refractivity contribution in [3.05, 3.63) is 35.4 Å². The summed E-state index contributed by atoms with van der Waals surface area (Å²) in [6.07, 6.45) is 13.4. The molecule has 0 heterocycles. The fourth-order valence-electron chi connectivity index (χ4n) is 3.91. The van der Waals surface area contributed by atoms with Crippen molar-refractivity contribution in [3.63, 3.8) is 0 Å².